The number of aromatic nitrogens is 4. The molecule has 1 aromatic heterocycles. The molecule has 0 aliphatic heterocycles. The Bertz CT molecular complexity index is 253. The van der Waals surface area contributed by atoms with Gasteiger partial charge in [-0.25, -0.2) is 4.79 Å². The Morgan fingerprint density at radius 3 is 2.60 bits per heavy atom. The molecule has 0 aromatic carbocycles. The number of carbonyl (C=O) groups is 2. The van der Waals surface area contributed by atoms with Crippen LogP contribution in [-0.4, -0.2) is 37.2 Å². The van der Waals surface area contributed by atoms with Crippen molar-refractivity contribution in [2.75, 3.05) is 0 Å². The minimum absolute atomic E-state index is 0.530. The maximum Gasteiger partial charge on any atom is 0.396 e. The highest BCUT2D eigenvalue weighted by atomic mass is 16.4. The molecule has 1 N–H and O–H groups in total. The first-order chi connectivity index (χ1) is 4.72. The van der Waals surface area contributed by atoms with Gasteiger partial charge in [0.05, 0.1) is 0 Å². The maximum atomic E-state index is 10.4. The molecule has 1 aromatic rings. The van der Waals surface area contributed by atoms with Crippen molar-refractivity contribution in [3.63, 3.8) is 0 Å². The molecule has 0 fully saturated rings. The zero-order valence-electron chi connectivity index (χ0n) is 4.63. The molecular formula is C3H2N4O3. The van der Waals surface area contributed by atoms with Gasteiger partial charge in [0.2, 0.25) is 0 Å². The molecule has 52 valence electrons. The monoisotopic (exact) mass is 142 g/mol. The lowest BCUT2D eigenvalue weighted by molar-refractivity contribution is -0.132. The predicted octanol–water partition coefficient (Wildman–Crippen LogP) is -1.60. The molecule has 0 atom stereocenters. The van der Waals surface area contributed by atoms with Crippen molar-refractivity contribution in [2.45, 2.75) is 0 Å². The van der Waals surface area contributed by atoms with E-state index in [1.54, 1.807) is 0 Å². The van der Waals surface area contributed by atoms with Gasteiger partial charge in [0, 0.05) is 0 Å². The van der Waals surface area contributed by atoms with Crippen LogP contribution in [0.3, 0.4) is 0 Å². The number of nitrogens with zero attached hydrogens (tertiary/aromatic N) is 4. The van der Waals surface area contributed by atoms with E-state index in [1.807, 2.05) is 0 Å². The Kier molecular flexibility index (Phi) is 1.40. The van der Waals surface area contributed by atoms with Gasteiger partial charge in [-0.2, -0.15) is 4.68 Å². The Labute approximate surface area is 54.3 Å². The van der Waals surface area contributed by atoms with E-state index in [2.05, 4.69) is 15.5 Å². The van der Waals surface area contributed by atoms with Crippen LogP contribution in [0, 0.1) is 0 Å². The van der Waals surface area contributed by atoms with Crippen molar-refractivity contribution in [3.05, 3.63) is 6.33 Å². The number of carbonyl (C=O) groups excluding carboxylic acids is 1. The standard InChI is InChI=1S/C3H2N4O3/c8-2(3(9)10)7-1-4-5-6-7/h1H,(H,9,10). The number of aliphatic carboxylic acids is 1. The van der Waals surface area contributed by atoms with Crippen LogP contribution in [0.2, 0.25) is 0 Å². The zero-order chi connectivity index (χ0) is 7.56. The van der Waals surface area contributed by atoms with Crippen LogP contribution in [0.5, 0.6) is 0 Å². The van der Waals surface area contributed by atoms with E-state index in [9.17, 15) is 9.59 Å². The minimum Gasteiger partial charge on any atom is -0.474 e. The molecular weight excluding hydrogens is 140 g/mol. The Morgan fingerprint density at radius 1 is 1.50 bits per heavy atom. The van der Waals surface area contributed by atoms with Gasteiger partial charge in [-0.15, -0.1) is 5.10 Å². The normalized spacial score (nSPS) is 9.20. The highest BCUT2D eigenvalue weighted by Gasteiger charge is 2.14. The summed E-state index contributed by atoms with van der Waals surface area (Å²) >= 11 is 0. The van der Waals surface area contributed by atoms with E-state index in [0.717, 1.165) is 6.33 Å². The van der Waals surface area contributed by atoms with Gasteiger partial charge in [0.15, 0.2) is 0 Å². The number of hydrogen-bond acceptors (Lipinski definition) is 5. The van der Waals surface area contributed by atoms with Crippen LogP contribution in [0.25, 0.3) is 0 Å². The highest BCUT2D eigenvalue weighted by molar-refractivity contribution is 6.32. The van der Waals surface area contributed by atoms with Crippen LogP contribution in [-0.2, 0) is 4.79 Å². The quantitative estimate of drug-likeness (QED) is 0.346. The lowest BCUT2D eigenvalue weighted by Gasteiger charge is -1.86. The zero-order valence-corrected chi connectivity index (χ0v) is 4.63. The summed E-state index contributed by atoms with van der Waals surface area (Å²) in [5.41, 5.74) is 0. The first-order valence-electron chi connectivity index (χ1n) is 2.22. The molecule has 0 aliphatic rings. The maximum absolute atomic E-state index is 10.4. The summed E-state index contributed by atoms with van der Waals surface area (Å²) in [5.74, 6) is -2.77. The average Bonchev–Trinajstić information content (AvgIpc) is 2.36. The van der Waals surface area contributed by atoms with Crippen molar-refractivity contribution in [1.82, 2.24) is 20.2 Å². The van der Waals surface area contributed by atoms with Crippen molar-refractivity contribution in [1.29, 1.82) is 0 Å². The van der Waals surface area contributed by atoms with Crippen LogP contribution < -0.4 is 0 Å². The van der Waals surface area contributed by atoms with Crippen LogP contribution in [0.1, 0.15) is 4.79 Å². The minimum atomic E-state index is -1.59. The summed E-state index contributed by atoms with van der Waals surface area (Å²) in [4.78, 5) is 20.4. The van der Waals surface area contributed by atoms with E-state index in [1.165, 1.54) is 0 Å². The first kappa shape index (κ1) is 6.33. The number of carboxylic acid groups (broad SMARTS) is 1. The SMILES string of the molecule is O=C(O)C(=O)n1cnnn1. The van der Waals surface area contributed by atoms with Crippen LogP contribution in [0.4, 0.5) is 0 Å². The van der Waals surface area contributed by atoms with E-state index in [4.69, 9.17) is 5.11 Å². The van der Waals surface area contributed by atoms with Crippen molar-refractivity contribution in [3.8, 4) is 0 Å². The first-order valence-corrected chi connectivity index (χ1v) is 2.22. The Balaban J connectivity index is 2.88. The Morgan fingerprint density at radius 2 is 2.20 bits per heavy atom. The Hall–Kier alpha value is -1.79. The third kappa shape index (κ3) is 0.966. The lowest BCUT2D eigenvalue weighted by atomic mass is 10.6. The second-order valence-corrected chi connectivity index (χ2v) is 1.36. The number of carboxylic acids is 1. The van der Waals surface area contributed by atoms with Gasteiger partial charge in [-0.1, -0.05) is 0 Å². The molecule has 0 radical (unpaired) electrons. The fraction of sp³-hybridized carbons (Fsp3) is 0. The van der Waals surface area contributed by atoms with Gasteiger partial charge in [-0.05, 0) is 10.4 Å². The predicted molar refractivity (Wildman–Crippen MR) is 26.1 cm³/mol. The van der Waals surface area contributed by atoms with Gasteiger partial charge in [0.1, 0.15) is 6.33 Å². The van der Waals surface area contributed by atoms with Crippen molar-refractivity contribution >= 4 is 11.9 Å². The average molecular weight is 142 g/mol. The van der Waals surface area contributed by atoms with Gasteiger partial charge < -0.3 is 5.11 Å². The topological polar surface area (TPSA) is 98.0 Å². The third-order valence-corrected chi connectivity index (χ3v) is 0.740. The molecule has 0 amide bonds. The van der Waals surface area contributed by atoms with Crippen LogP contribution >= 0.6 is 0 Å². The van der Waals surface area contributed by atoms with E-state index >= 15 is 0 Å². The molecule has 10 heavy (non-hydrogen) atoms. The highest BCUT2D eigenvalue weighted by Crippen LogP contribution is 1.77. The fourth-order valence-corrected chi connectivity index (χ4v) is 0.352. The summed E-state index contributed by atoms with van der Waals surface area (Å²) in [6, 6.07) is 0. The molecule has 0 aliphatic carbocycles. The molecule has 0 spiro atoms. The molecule has 7 heteroatoms. The largest absolute Gasteiger partial charge is 0.474 e. The van der Waals surface area contributed by atoms with E-state index < -0.39 is 11.9 Å². The summed E-state index contributed by atoms with van der Waals surface area (Å²) in [6.45, 7) is 0. The summed E-state index contributed by atoms with van der Waals surface area (Å²) in [5, 5.41) is 17.3. The second-order valence-electron chi connectivity index (χ2n) is 1.36. The summed E-state index contributed by atoms with van der Waals surface area (Å²) < 4.78 is 0.530. The molecule has 1 heterocycles. The molecule has 0 unspecified atom stereocenters. The molecule has 7 nitrogen and oxygen atoms in total. The molecule has 1 rings (SSSR count). The number of hydrogen-bond donors (Lipinski definition) is 1. The lowest BCUT2D eigenvalue weighted by Crippen LogP contribution is -2.21. The van der Waals surface area contributed by atoms with Crippen molar-refractivity contribution < 1.29 is 14.7 Å². The van der Waals surface area contributed by atoms with E-state index in [-0.39, 0.29) is 0 Å². The van der Waals surface area contributed by atoms with Gasteiger partial charge >= 0.3 is 11.9 Å². The second kappa shape index (κ2) is 2.21. The molecule has 0 bridgehead atoms. The summed E-state index contributed by atoms with van der Waals surface area (Å²) in [7, 11) is 0. The molecule has 0 saturated heterocycles. The van der Waals surface area contributed by atoms with E-state index in [0.29, 0.717) is 4.68 Å². The number of rotatable bonds is 0. The molecule has 0 saturated carbocycles. The van der Waals surface area contributed by atoms with Crippen LogP contribution in [0.15, 0.2) is 6.33 Å². The summed E-state index contributed by atoms with van der Waals surface area (Å²) in [6.07, 6.45) is 0.913. The van der Waals surface area contributed by atoms with Gasteiger partial charge in [0.25, 0.3) is 0 Å². The fourth-order valence-electron chi connectivity index (χ4n) is 0.352. The number of tetrazole rings is 1. The third-order valence-electron chi connectivity index (χ3n) is 0.740. The smallest absolute Gasteiger partial charge is 0.396 e. The van der Waals surface area contributed by atoms with Crippen molar-refractivity contribution in [2.24, 2.45) is 0 Å². The van der Waals surface area contributed by atoms with Gasteiger partial charge in [-0.3, -0.25) is 4.79 Å².